The van der Waals surface area contributed by atoms with Crippen LogP contribution in [0.3, 0.4) is 0 Å². The summed E-state index contributed by atoms with van der Waals surface area (Å²) >= 11 is 0. The fourth-order valence-corrected chi connectivity index (χ4v) is 1.88. The fraction of sp³-hybridized carbons (Fsp3) is 0.500. The van der Waals surface area contributed by atoms with Crippen LogP contribution < -0.4 is 0 Å². The Bertz CT molecular complexity index is 396. The molecule has 0 bridgehead atoms. The van der Waals surface area contributed by atoms with Crippen molar-refractivity contribution in [3.63, 3.8) is 0 Å². The molecule has 0 saturated carbocycles. The van der Waals surface area contributed by atoms with Crippen LogP contribution in [-0.4, -0.2) is 15.6 Å². The van der Waals surface area contributed by atoms with Gasteiger partial charge in [-0.1, -0.05) is 6.08 Å². The molecule has 0 aromatic carbocycles. The van der Waals surface area contributed by atoms with E-state index in [2.05, 4.69) is 11.2 Å². The number of hydrogen-bond acceptors (Lipinski definition) is 2. The molecule has 15 heavy (non-hydrogen) atoms. The molecular weight excluding hydrogens is 188 g/mol. The molecular formula is C12H16N2O. The molecule has 0 unspecified atom stereocenters. The van der Waals surface area contributed by atoms with Gasteiger partial charge in [-0.2, -0.15) is 5.10 Å². The van der Waals surface area contributed by atoms with Gasteiger partial charge in [-0.3, -0.25) is 9.48 Å². The quantitative estimate of drug-likeness (QED) is 0.693. The number of aromatic nitrogens is 2. The summed E-state index contributed by atoms with van der Waals surface area (Å²) < 4.78 is 1.75. The Kier molecular flexibility index (Phi) is 2.71. The third kappa shape index (κ3) is 2.01. The predicted molar refractivity (Wildman–Crippen MR) is 58.8 cm³/mol. The maximum atomic E-state index is 12.0. The summed E-state index contributed by atoms with van der Waals surface area (Å²) in [5.74, 6) is 0.110. The summed E-state index contributed by atoms with van der Waals surface area (Å²) in [5, 5.41) is 4.21. The number of rotatable bonds is 2. The number of ketones is 1. The number of Topliss-reactive ketones (excluding diaryl/α,β-unsaturated/α-hetero) is 1. The largest absolute Gasteiger partial charge is 0.287 e. The van der Waals surface area contributed by atoms with E-state index in [4.69, 9.17) is 0 Å². The summed E-state index contributed by atoms with van der Waals surface area (Å²) in [6.45, 7) is 1.96. The van der Waals surface area contributed by atoms with Crippen LogP contribution >= 0.6 is 0 Å². The van der Waals surface area contributed by atoms with E-state index < -0.39 is 0 Å². The van der Waals surface area contributed by atoms with Crippen molar-refractivity contribution in [1.82, 2.24) is 9.78 Å². The smallest absolute Gasteiger partial charge is 0.208 e. The highest BCUT2D eigenvalue weighted by Gasteiger charge is 2.17. The lowest BCUT2D eigenvalue weighted by atomic mass is 9.95. The Morgan fingerprint density at radius 3 is 2.80 bits per heavy atom. The second-order valence-corrected chi connectivity index (χ2v) is 4.10. The zero-order chi connectivity index (χ0) is 10.8. The molecule has 2 rings (SSSR count). The molecule has 0 fully saturated rings. The molecule has 1 aliphatic rings. The Balaban J connectivity index is 2.23. The molecule has 0 saturated heterocycles. The maximum Gasteiger partial charge on any atom is 0.208 e. The van der Waals surface area contributed by atoms with Crippen molar-refractivity contribution in [2.24, 2.45) is 7.05 Å². The molecule has 0 atom stereocenters. The number of allylic oxidation sites excluding steroid dienone is 2. The molecule has 1 heterocycles. The molecule has 0 radical (unpaired) electrons. The van der Waals surface area contributed by atoms with E-state index in [-0.39, 0.29) is 5.78 Å². The summed E-state index contributed by atoms with van der Waals surface area (Å²) in [4.78, 5) is 12.0. The summed E-state index contributed by atoms with van der Waals surface area (Å²) in [7, 11) is 1.86. The second-order valence-electron chi connectivity index (χ2n) is 4.10. The van der Waals surface area contributed by atoms with E-state index in [1.54, 1.807) is 4.68 Å². The van der Waals surface area contributed by atoms with Crippen molar-refractivity contribution in [2.45, 2.75) is 32.6 Å². The van der Waals surface area contributed by atoms with Crippen molar-refractivity contribution in [3.05, 3.63) is 29.1 Å². The van der Waals surface area contributed by atoms with Crippen LogP contribution in [0.1, 0.15) is 41.9 Å². The van der Waals surface area contributed by atoms with Gasteiger partial charge in [-0.05, 0) is 44.2 Å². The van der Waals surface area contributed by atoms with Crippen LogP contribution in [0.5, 0.6) is 0 Å². The van der Waals surface area contributed by atoms with Crippen LogP contribution in [0.4, 0.5) is 0 Å². The van der Waals surface area contributed by atoms with E-state index in [1.165, 1.54) is 6.42 Å². The van der Waals surface area contributed by atoms with Gasteiger partial charge in [0.05, 0.1) is 0 Å². The van der Waals surface area contributed by atoms with Crippen molar-refractivity contribution < 1.29 is 4.79 Å². The number of carbonyl (C=O) groups excluding carboxylic acids is 1. The van der Waals surface area contributed by atoms with E-state index in [1.807, 2.05) is 20.0 Å². The van der Waals surface area contributed by atoms with Crippen LogP contribution in [0.15, 0.2) is 17.7 Å². The molecule has 0 spiro atoms. The first kappa shape index (κ1) is 10.1. The van der Waals surface area contributed by atoms with Gasteiger partial charge >= 0.3 is 0 Å². The highest BCUT2D eigenvalue weighted by Crippen LogP contribution is 2.20. The van der Waals surface area contributed by atoms with Crippen LogP contribution in [0, 0.1) is 6.92 Å². The lowest BCUT2D eigenvalue weighted by molar-refractivity contribution is 0.102. The van der Waals surface area contributed by atoms with Crippen molar-refractivity contribution >= 4 is 5.78 Å². The zero-order valence-electron chi connectivity index (χ0n) is 9.29. The molecule has 0 N–H and O–H groups in total. The average molecular weight is 204 g/mol. The third-order valence-electron chi connectivity index (χ3n) is 2.93. The SMILES string of the molecule is Cc1cc(C(=O)C2=CCCCC2)nn1C. The van der Waals surface area contributed by atoms with E-state index in [9.17, 15) is 4.79 Å². The van der Waals surface area contributed by atoms with E-state index in [0.717, 1.165) is 30.5 Å². The van der Waals surface area contributed by atoms with E-state index in [0.29, 0.717) is 5.69 Å². The number of hydrogen-bond donors (Lipinski definition) is 0. The summed E-state index contributed by atoms with van der Waals surface area (Å²) in [6.07, 6.45) is 6.35. The Morgan fingerprint density at radius 1 is 1.47 bits per heavy atom. The average Bonchev–Trinajstić information content (AvgIpc) is 2.59. The first-order valence-corrected chi connectivity index (χ1v) is 5.43. The van der Waals surface area contributed by atoms with Crippen molar-refractivity contribution in [2.75, 3.05) is 0 Å². The molecule has 1 aromatic rings. The number of nitrogens with zero attached hydrogens (tertiary/aromatic N) is 2. The van der Waals surface area contributed by atoms with E-state index >= 15 is 0 Å². The zero-order valence-corrected chi connectivity index (χ0v) is 9.29. The van der Waals surface area contributed by atoms with Gasteiger partial charge in [0.15, 0.2) is 0 Å². The lowest BCUT2D eigenvalue weighted by Crippen LogP contribution is -2.07. The van der Waals surface area contributed by atoms with Gasteiger partial charge in [-0.25, -0.2) is 0 Å². The van der Waals surface area contributed by atoms with Crippen LogP contribution in [0.25, 0.3) is 0 Å². The fourth-order valence-electron chi connectivity index (χ4n) is 1.88. The molecule has 80 valence electrons. The molecule has 1 aliphatic carbocycles. The second kappa shape index (κ2) is 4.01. The van der Waals surface area contributed by atoms with Gasteiger partial charge in [0, 0.05) is 12.7 Å². The first-order valence-electron chi connectivity index (χ1n) is 5.43. The molecule has 3 heteroatoms. The van der Waals surface area contributed by atoms with Crippen molar-refractivity contribution in [1.29, 1.82) is 0 Å². The van der Waals surface area contributed by atoms with Crippen LogP contribution in [-0.2, 0) is 7.05 Å². The summed E-state index contributed by atoms with van der Waals surface area (Å²) in [5.41, 5.74) is 2.55. The molecule has 1 aromatic heterocycles. The lowest BCUT2D eigenvalue weighted by Gasteiger charge is -2.09. The minimum absolute atomic E-state index is 0.110. The molecule has 0 aliphatic heterocycles. The third-order valence-corrected chi connectivity index (χ3v) is 2.93. The standard InChI is InChI=1S/C12H16N2O/c1-9-8-11(13-14(9)2)12(15)10-6-4-3-5-7-10/h6,8H,3-5,7H2,1-2H3. The van der Waals surface area contributed by atoms with Gasteiger partial charge in [0.1, 0.15) is 5.69 Å². The van der Waals surface area contributed by atoms with Gasteiger partial charge in [-0.15, -0.1) is 0 Å². The van der Waals surface area contributed by atoms with Crippen molar-refractivity contribution in [3.8, 4) is 0 Å². The Morgan fingerprint density at radius 2 is 2.27 bits per heavy atom. The number of carbonyl (C=O) groups is 1. The highest BCUT2D eigenvalue weighted by atomic mass is 16.1. The minimum Gasteiger partial charge on any atom is -0.287 e. The molecule has 3 nitrogen and oxygen atoms in total. The maximum absolute atomic E-state index is 12.0. The number of aryl methyl sites for hydroxylation is 2. The normalized spacial score (nSPS) is 16.3. The van der Waals surface area contributed by atoms with Gasteiger partial charge in [0.2, 0.25) is 5.78 Å². The van der Waals surface area contributed by atoms with Crippen LogP contribution in [0.2, 0.25) is 0 Å². The highest BCUT2D eigenvalue weighted by molar-refractivity contribution is 6.07. The Hall–Kier alpha value is -1.38. The minimum atomic E-state index is 0.110. The van der Waals surface area contributed by atoms with Gasteiger partial charge in [0.25, 0.3) is 0 Å². The summed E-state index contributed by atoms with van der Waals surface area (Å²) in [6, 6.07) is 1.86. The molecule has 0 amide bonds. The topological polar surface area (TPSA) is 34.9 Å². The predicted octanol–water partition coefficient (Wildman–Crippen LogP) is 2.41. The monoisotopic (exact) mass is 204 g/mol. The first-order chi connectivity index (χ1) is 7.18. The Labute approximate surface area is 89.8 Å². The van der Waals surface area contributed by atoms with Gasteiger partial charge < -0.3 is 0 Å².